The highest BCUT2D eigenvalue weighted by atomic mass is 79.9. The molecule has 21 heavy (non-hydrogen) atoms. The molecule has 1 fully saturated rings. The molecule has 5 heteroatoms. The number of likely N-dealkylation sites (tertiary alicyclic amines) is 1. The van der Waals surface area contributed by atoms with E-state index in [2.05, 4.69) is 36.8 Å². The summed E-state index contributed by atoms with van der Waals surface area (Å²) in [5, 5.41) is 0. The van der Waals surface area contributed by atoms with Gasteiger partial charge in [-0.2, -0.15) is 0 Å². The summed E-state index contributed by atoms with van der Waals surface area (Å²) < 4.78 is 1.73. The fraction of sp³-hybridized carbons (Fsp3) is 0.250. The van der Waals surface area contributed by atoms with E-state index < -0.39 is 0 Å². The number of pyridine rings is 1. The van der Waals surface area contributed by atoms with Crippen LogP contribution in [0.15, 0.2) is 51.7 Å². The molecule has 0 saturated carbocycles. The van der Waals surface area contributed by atoms with Crippen LogP contribution in [-0.4, -0.2) is 22.3 Å². The molecule has 1 aliphatic heterocycles. The maximum absolute atomic E-state index is 12.9. The van der Waals surface area contributed by atoms with Gasteiger partial charge in [-0.1, -0.05) is 22.0 Å². The second-order valence-corrected chi connectivity index (χ2v) is 6.84. The third-order valence-electron chi connectivity index (χ3n) is 3.74. The van der Waals surface area contributed by atoms with Crippen LogP contribution in [0.5, 0.6) is 0 Å². The molecule has 0 radical (unpaired) electrons. The molecule has 0 bridgehead atoms. The molecule has 0 N–H and O–H groups in total. The van der Waals surface area contributed by atoms with E-state index in [-0.39, 0.29) is 11.9 Å². The molecule has 3 nitrogen and oxygen atoms in total. The lowest BCUT2D eigenvalue weighted by molar-refractivity contribution is 0.0734. The van der Waals surface area contributed by atoms with Crippen LogP contribution in [-0.2, 0) is 0 Å². The Balaban J connectivity index is 1.92. The summed E-state index contributed by atoms with van der Waals surface area (Å²) in [6.07, 6.45) is 5.63. The Bertz CT molecular complexity index is 661. The third kappa shape index (κ3) is 3.04. The molecule has 1 aromatic heterocycles. The first-order valence-corrected chi connectivity index (χ1v) is 8.41. The maximum Gasteiger partial charge on any atom is 0.255 e. The summed E-state index contributed by atoms with van der Waals surface area (Å²) in [5.41, 5.74) is 1.80. The number of hydrogen-bond donors (Lipinski definition) is 0. The Morgan fingerprint density at radius 1 is 1.29 bits per heavy atom. The lowest BCUT2D eigenvalue weighted by Gasteiger charge is -2.25. The van der Waals surface area contributed by atoms with Crippen LogP contribution >= 0.6 is 31.9 Å². The van der Waals surface area contributed by atoms with Gasteiger partial charge < -0.3 is 4.90 Å². The lowest BCUT2D eigenvalue weighted by Crippen LogP contribution is -2.30. The van der Waals surface area contributed by atoms with Crippen molar-refractivity contribution in [2.24, 2.45) is 0 Å². The van der Waals surface area contributed by atoms with E-state index in [1.54, 1.807) is 6.20 Å². The third-order valence-corrected chi connectivity index (χ3v) is 4.93. The monoisotopic (exact) mass is 408 g/mol. The maximum atomic E-state index is 12.9. The summed E-state index contributed by atoms with van der Waals surface area (Å²) in [4.78, 5) is 19.0. The number of carbonyl (C=O) groups excluding carboxylic acids is 1. The van der Waals surface area contributed by atoms with E-state index in [0.29, 0.717) is 5.56 Å². The Morgan fingerprint density at radius 2 is 2.14 bits per heavy atom. The zero-order valence-electron chi connectivity index (χ0n) is 11.3. The van der Waals surface area contributed by atoms with Crippen molar-refractivity contribution in [1.29, 1.82) is 0 Å². The van der Waals surface area contributed by atoms with E-state index in [0.717, 1.165) is 33.9 Å². The van der Waals surface area contributed by atoms with Crippen molar-refractivity contribution in [2.75, 3.05) is 6.54 Å². The van der Waals surface area contributed by atoms with Gasteiger partial charge in [-0.05, 0) is 58.6 Å². The summed E-state index contributed by atoms with van der Waals surface area (Å²) in [7, 11) is 0. The molecule has 0 aliphatic carbocycles. The van der Waals surface area contributed by atoms with E-state index in [1.165, 1.54) is 0 Å². The van der Waals surface area contributed by atoms with Gasteiger partial charge in [0.15, 0.2) is 0 Å². The molecule has 0 spiro atoms. The van der Waals surface area contributed by atoms with Crippen molar-refractivity contribution in [3.05, 3.63) is 62.8 Å². The number of nitrogens with zero attached hydrogens (tertiary/aromatic N) is 2. The number of benzene rings is 1. The van der Waals surface area contributed by atoms with Crippen molar-refractivity contribution in [1.82, 2.24) is 9.88 Å². The number of aromatic nitrogens is 1. The number of halogens is 2. The van der Waals surface area contributed by atoms with E-state index in [4.69, 9.17) is 0 Å². The summed E-state index contributed by atoms with van der Waals surface area (Å²) in [6, 6.07) is 9.77. The standard InChI is InChI=1S/C16H14Br2N2O/c17-12-5-6-14(18)13(9-12)16(21)20-8-2-4-15(20)11-3-1-7-19-10-11/h1,3,5-7,9-10,15H,2,4,8H2. The Morgan fingerprint density at radius 3 is 2.90 bits per heavy atom. The van der Waals surface area contributed by atoms with E-state index in [1.807, 2.05) is 41.4 Å². The Labute approximate surface area is 140 Å². The first-order valence-electron chi connectivity index (χ1n) is 6.83. The fourth-order valence-electron chi connectivity index (χ4n) is 2.75. The zero-order valence-corrected chi connectivity index (χ0v) is 14.5. The van der Waals surface area contributed by atoms with Crippen LogP contribution in [0.1, 0.15) is 34.8 Å². The minimum Gasteiger partial charge on any atom is -0.332 e. The Hall–Kier alpha value is -1.20. The van der Waals surface area contributed by atoms with E-state index in [9.17, 15) is 4.79 Å². The molecule has 2 aromatic rings. The van der Waals surface area contributed by atoms with Gasteiger partial charge in [0.2, 0.25) is 0 Å². The predicted octanol–water partition coefficient (Wildman–Crippen LogP) is 4.58. The van der Waals surface area contributed by atoms with Gasteiger partial charge in [-0.25, -0.2) is 0 Å². The van der Waals surface area contributed by atoms with Gasteiger partial charge in [0.05, 0.1) is 11.6 Å². The minimum atomic E-state index is 0.0644. The van der Waals surface area contributed by atoms with E-state index >= 15 is 0 Å². The number of amides is 1. The largest absolute Gasteiger partial charge is 0.332 e. The van der Waals surface area contributed by atoms with Crippen LogP contribution in [0, 0.1) is 0 Å². The topological polar surface area (TPSA) is 33.2 Å². The molecule has 1 amide bonds. The molecule has 1 saturated heterocycles. The average Bonchev–Trinajstić information content (AvgIpc) is 2.99. The molecule has 1 aliphatic rings. The average molecular weight is 410 g/mol. The quantitative estimate of drug-likeness (QED) is 0.726. The van der Waals surface area contributed by atoms with Crippen LogP contribution in [0.4, 0.5) is 0 Å². The summed E-state index contributed by atoms with van der Waals surface area (Å²) >= 11 is 6.91. The number of hydrogen-bond acceptors (Lipinski definition) is 2. The van der Waals surface area contributed by atoms with Gasteiger partial charge >= 0.3 is 0 Å². The fourth-order valence-corrected chi connectivity index (χ4v) is 3.52. The van der Waals surface area contributed by atoms with Gasteiger partial charge in [-0.15, -0.1) is 0 Å². The van der Waals surface area contributed by atoms with Gasteiger partial charge in [-0.3, -0.25) is 9.78 Å². The molecule has 1 aromatic carbocycles. The second kappa shape index (κ2) is 6.28. The first-order chi connectivity index (χ1) is 10.2. The summed E-state index contributed by atoms with van der Waals surface area (Å²) in [5.74, 6) is 0.0644. The highest BCUT2D eigenvalue weighted by molar-refractivity contribution is 9.11. The molecule has 108 valence electrons. The van der Waals surface area contributed by atoms with Crippen LogP contribution in [0.25, 0.3) is 0 Å². The van der Waals surface area contributed by atoms with Crippen molar-refractivity contribution < 1.29 is 4.79 Å². The van der Waals surface area contributed by atoms with Crippen molar-refractivity contribution in [3.8, 4) is 0 Å². The number of rotatable bonds is 2. The van der Waals surface area contributed by atoms with Crippen molar-refractivity contribution in [3.63, 3.8) is 0 Å². The molecular formula is C16H14Br2N2O. The van der Waals surface area contributed by atoms with Crippen LogP contribution in [0.3, 0.4) is 0 Å². The predicted molar refractivity (Wildman–Crippen MR) is 89.1 cm³/mol. The van der Waals surface area contributed by atoms with Crippen molar-refractivity contribution >= 4 is 37.8 Å². The van der Waals surface area contributed by atoms with Crippen molar-refractivity contribution in [2.45, 2.75) is 18.9 Å². The first kappa shape index (κ1) is 14.7. The Kier molecular flexibility index (Phi) is 4.40. The van der Waals surface area contributed by atoms with Gasteiger partial charge in [0, 0.05) is 27.9 Å². The normalized spacial score (nSPS) is 18.0. The molecule has 1 unspecified atom stereocenters. The molecule has 3 rings (SSSR count). The molecule has 1 atom stereocenters. The molecular weight excluding hydrogens is 396 g/mol. The minimum absolute atomic E-state index is 0.0644. The lowest BCUT2D eigenvalue weighted by atomic mass is 10.1. The second-order valence-electron chi connectivity index (χ2n) is 5.07. The van der Waals surface area contributed by atoms with Gasteiger partial charge in [0.25, 0.3) is 5.91 Å². The smallest absolute Gasteiger partial charge is 0.255 e. The van der Waals surface area contributed by atoms with Crippen LogP contribution < -0.4 is 0 Å². The molecule has 2 heterocycles. The number of carbonyl (C=O) groups is 1. The SMILES string of the molecule is O=C(c1cc(Br)ccc1Br)N1CCCC1c1cccnc1. The van der Waals surface area contributed by atoms with Gasteiger partial charge in [0.1, 0.15) is 0 Å². The highest BCUT2D eigenvalue weighted by Gasteiger charge is 2.31. The summed E-state index contributed by atoms with van der Waals surface area (Å²) in [6.45, 7) is 0.789. The highest BCUT2D eigenvalue weighted by Crippen LogP contribution is 2.34. The van der Waals surface area contributed by atoms with Crippen LogP contribution in [0.2, 0.25) is 0 Å². The zero-order chi connectivity index (χ0) is 14.8.